The van der Waals surface area contributed by atoms with Crippen LogP contribution in [0.4, 0.5) is 17.1 Å². The van der Waals surface area contributed by atoms with E-state index in [2.05, 4.69) is 10.6 Å². The lowest BCUT2D eigenvalue weighted by Crippen LogP contribution is -2.40. The highest BCUT2D eigenvalue weighted by Gasteiger charge is 2.21. The number of nitrogen functional groups attached to an aromatic ring is 1. The summed E-state index contributed by atoms with van der Waals surface area (Å²) in [7, 11) is 0. The van der Waals surface area contributed by atoms with Crippen molar-refractivity contribution in [1.82, 2.24) is 5.32 Å². The summed E-state index contributed by atoms with van der Waals surface area (Å²) in [6.45, 7) is 4.67. The van der Waals surface area contributed by atoms with Crippen LogP contribution < -0.4 is 16.4 Å². The molecule has 0 aliphatic carbocycles. The molecule has 0 fully saturated rings. The van der Waals surface area contributed by atoms with E-state index in [1.807, 2.05) is 13.8 Å². The van der Waals surface area contributed by atoms with E-state index in [-0.39, 0.29) is 29.6 Å². The van der Waals surface area contributed by atoms with E-state index in [4.69, 9.17) is 10.5 Å². The third-order valence-electron chi connectivity index (χ3n) is 3.36. The second kappa shape index (κ2) is 10.3. The average molecular weight is 368 g/mol. The van der Waals surface area contributed by atoms with Gasteiger partial charge in [0.25, 0.3) is 5.69 Å². The molecule has 0 aliphatic rings. The number of nitrogens with one attached hydrogen (secondary N) is 2. The van der Waals surface area contributed by atoms with Gasteiger partial charge in [-0.25, -0.2) is 0 Å². The predicted octanol–water partition coefficient (Wildman–Crippen LogP) is 1.36. The highest BCUT2D eigenvalue weighted by Crippen LogP contribution is 2.25. The number of hydrogen-bond donors (Lipinski definition) is 4. The molecule has 10 nitrogen and oxygen atoms in total. The van der Waals surface area contributed by atoms with Gasteiger partial charge in [0.1, 0.15) is 11.7 Å². The lowest BCUT2D eigenvalue weighted by molar-refractivity contribution is -0.383. The normalized spacial score (nSPS) is 12.0. The standard InChI is InChI=1S/C16H24N4O6/c1-10(2)26-7-3-6-18-13(16(22)23)9-15(21)19-11-4-5-12(17)14(8-11)20(24)25/h4-5,8,10,13,18H,3,6-7,9,17H2,1-2H3,(H,19,21)(H,22,23). The van der Waals surface area contributed by atoms with Crippen LogP contribution in [0.5, 0.6) is 0 Å². The number of carbonyl (C=O) groups is 2. The van der Waals surface area contributed by atoms with Crippen molar-refractivity contribution in [2.24, 2.45) is 0 Å². The van der Waals surface area contributed by atoms with Gasteiger partial charge in [-0.05, 0) is 38.9 Å². The summed E-state index contributed by atoms with van der Waals surface area (Å²) >= 11 is 0. The maximum atomic E-state index is 12.0. The van der Waals surface area contributed by atoms with E-state index in [1.54, 1.807) is 0 Å². The molecule has 1 aromatic rings. The zero-order valence-electron chi connectivity index (χ0n) is 14.7. The first kappa shape index (κ1) is 21.3. The molecule has 0 aliphatic heterocycles. The zero-order valence-corrected chi connectivity index (χ0v) is 14.7. The minimum Gasteiger partial charge on any atom is -0.480 e. The van der Waals surface area contributed by atoms with Crippen molar-refractivity contribution in [1.29, 1.82) is 0 Å². The number of carboxylic acid groups (broad SMARTS) is 1. The largest absolute Gasteiger partial charge is 0.480 e. The topological polar surface area (TPSA) is 157 Å². The summed E-state index contributed by atoms with van der Waals surface area (Å²) in [6, 6.07) is 2.76. The van der Waals surface area contributed by atoms with Crippen LogP contribution in [0.2, 0.25) is 0 Å². The number of nitrogens with zero attached hydrogens (tertiary/aromatic N) is 1. The van der Waals surface area contributed by atoms with E-state index in [0.717, 1.165) is 6.07 Å². The van der Waals surface area contributed by atoms with E-state index < -0.39 is 22.8 Å². The van der Waals surface area contributed by atoms with Crippen LogP contribution in [-0.2, 0) is 14.3 Å². The Hall–Kier alpha value is -2.72. The first-order valence-corrected chi connectivity index (χ1v) is 8.12. The van der Waals surface area contributed by atoms with Crippen LogP contribution in [0.15, 0.2) is 18.2 Å². The molecular weight excluding hydrogens is 344 g/mol. The van der Waals surface area contributed by atoms with Gasteiger partial charge in [0.15, 0.2) is 0 Å². The minimum absolute atomic E-state index is 0.0262. The SMILES string of the molecule is CC(C)OCCCNC(CC(=O)Nc1ccc(N)c([N+](=O)[O-])c1)C(=O)O. The quantitative estimate of drug-likeness (QED) is 0.197. The third kappa shape index (κ3) is 7.45. The van der Waals surface area contributed by atoms with E-state index in [0.29, 0.717) is 19.6 Å². The maximum absolute atomic E-state index is 12.0. The van der Waals surface area contributed by atoms with Gasteiger partial charge in [-0.15, -0.1) is 0 Å². The van der Waals surface area contributed by atoms with Crippen LogP contribution in [0, 0.1) is 10.1 Å². The lowest BCUT2D eigenvalue weighted by atomic mass is 10.2. The van der Waals surface area contributed by atoms with E-state index in [1.165, 1.54) is 12.1 Å². The fraction of sp³-hybridized carbons (Fsp3) is 0.500. The Morgan fingerprint density at radius 2 is 2.08 bits per heavy atom. The Labute approximate surface area is 150 Å². The number of nitrogens with two attached hydrogens (primary N) is 1. The molecule has 10 heteroatoms. The molecule has 0 saturated carbocycles. The van der Waals surface area contributed by atoms with Crippen molar-refractivity contribution < 1.29 is 24.4 Å². The van der Waals surface area contributed by atoms with Crippen LogP contribution in [-0.4, -0.2) is 47.2 Å². The van der Waals surface area contributed by atoms with Gasteiger partial charge < -0.3 is 26.2 Å². The smallest absolute Gasteiger partial charge is 0.321 e. The molecule has 1 amide bonds. The first-order valence-electron chi connectivity index (χ1n) is 8.12. The highest BCUT2D eigenvalue weighted by atomic mass is 16.6. The van der Waals surface area contributed by atoms with Crippen LogP contribution in [0.25, 0.3) is 0 Å². The molecule has 1 atom stereocenters. The monoisotopic (exact) mass is 368 g/mol. The number of nitro benzene ring substituents is 1. The zero-order chi connectivity index (χ0) is 19.7. The van der Waals surface area contributed by atoms with Gasteiger partial charge in [-0.1, -0.05) is 0 Å². The molecule has 5 N–H and O–H groups in total. The number of carbonyl (C=O) groups excluding carboxylic acids is 1. The molecule has 0 aromatic heterocycles. The second-order valence-electron chi connectivity index (χ2n) is 5.90. The number of carboxylic acids is 1. The van der Waals surface area contributed by atoms with Crippen molar-refractivity contribution in [2.45, 2.75) is 38.8 Å². The number of hydrogen-bond acceptors (Lipinski definition) is 7. The lowest BCUT2D eigenvalue weighted by Gasteiger charge is -2.15. The van der Waals surface area contributed by atoms with Gasteiger partial charge >= 0.3 is 5.97 Å². The molecule has 1 rings (SSSR count). The number of benzene rings is 1. The molecule has 1 unspecified atom stereocenters. The Bertz CT molecular complexity index is 650. The summed E-state index contributed by atoms with van der Waals surface area (Å²) < 4.78 is 5.35. The fourth-order valence-corrected chi connectivity index (χ4v) is 2.09. The van der Waals surface area contributed by atoms with E-state index >= 15 is 0 Å². The molecule has 1 aromatic carbocycles. The summed E-state index contributed by atoms with van der Waals surface area (Å²) in [5.74, 6) is -1.74. The summed E-state index contributed by atoms with van der Waals surface area (Å²) in [5, 5.41) is 25.3. The fourth-order valence-electron chi connectivity index (χ4n) is 2.09. The number of ether oxygens (including phenoxy) is 1. The number of aliphatic carboxylic acids is 1. The highest BCUT2D eigenvalue weighted by molar-refractivity contribution is 5.94. The minimum atomic E-state index is -1.16. The second-order valence-corrected chi connectivity index (χ2v) is 5.90. The van der Waals surface area contributed by atoms with Crippen molar-refractivity contribution >= 4 is 28.9 Å². The number of anilines is 2. The van der Waals surface area contributed by atoms with Gasteiger partial charge in [0, 0.05) is 18.4 Å². The van der Waals surface area contributed by atoms with Crippen LogP contribution in [0.1, 0.15) is 26.7 Å². The Balaban J connectivity index is 2.56. The molecular formula is C16H24N4O6. The van der Waals surface area contributed by atoms with Gasteiger partial charge in [-0.2, -0.15) is 0 Å². The summed E-state index contributed by atoms with van der Waals surface area (Å²) in [4.78, 5) is 33.5. The van der Waals surface area contributed by atoms with E-state index in [9.17, 15) is 24.8 Å². The van der Waals surface area contributed by atoms with Crippen molar-refractivity contribution in [3.05, 3.63) is 28.3 Å². The molecule has 0 heterocycles. The number of amides is 1. The third-order valence-corrected chi connectivity index (χ3v) is 3.36. The molecule has 144 valence electrons. The molecule has 0 bridgehead atoms. The molecule has 0 saturated heterocycles. The van der Waals surface area contributed by atoms with Crippen LogP contribution in [0.3, 0.4) is 0 Å². The summed E-state index contributed by atoms with van der Waals surface area (Å²) in [6.07, 6.45) is 0.381. The first-order chi connectivity index (χ1) is 12.2. The maximum Gasteiger partial charge on any atom is 0.321 e. The number of rotatable bonds is 11. The Kier molecular flexibility index (Phi) is 8.46. The van der Waals surface area contributed by atoms with Crippen molar-refractivity contribution in [3.8, 4) is 0 Å². The molecule has 26 heavy (non-hydrogen) atoms. The van der Waals surface area contributed by atoms with Gasteiger partial charge in [0.05, 0.1) is 17.4 Å². The molecule has 0 radical (unpaired) electrons. The van der Waals surface area contributed by atoms with Gasteiger partial charge in [0.2, 0.25) is 5.91 Å². The predicted molar refractivity (Wildman–Crippen MR) is 95.9 cm³/mol. The summed E-state index contributed by atoms with van der Waals surface area (Å²) in [5.41, 5.74) is 5.30. The Morgan fingerprint density at radius 1 is 1.38 bits per heavy atom. The molecule has 0 spiro atoms. The number of nitro groups is 1. The van der Waals surface area contributed by atoms with Crippen molar-refractivity contribution in [2.75, 3.05) is 24.2 Å². The van der Waals surface area contributed by atoms with Gasteiger partial charge in [-0.3, -0.25) is 19.7 Å². The van der Waals surface area contributed by atoms with Crippen molar-refractivity contribution in [3.63, 3.8) is 0 Å². The average Bonchev–Trinajstić information content (AvgIpc) is 2.54. The van der Waals surface area contributed by atoms with Crippen LogP contribution >= 0.6 is 0 Å². The Morgan fingerprint density at radius 3 is 2.65 bits per heavy atom.